The quantitative estimate of drug-likeness (QED) is 0.900. The molecular formula is C10H12Cl2N2O3S. The third-order valence-corrected chi connectivity index (χ3v) is 3.54. The van der Waals surface area contributed by atoms with Crippen LogP contribution in [0.15, 0.2) is 23.1 Å². The molecule has 0 heterocycles. The van der Waals surface area contributed by atoms with Crippen molar-refractivity contribution >= 4 is 39.3 Å². The number of amides is 2. The van der Waals surface area contributed by atoms with Gasteiger partial charge < -0.3 is 5.32 Å². The van der Waals surface area contributed by atoms with Crippen LogP contribution in [-0.4, -0.2) is 20.5 Å². The fourth-order valence-corrected chi connectivity index (χ4v) is 2.80. The van der Waals surface area contributed by atoms with Gasteiger partial charge in [-0.25, -0.2) is 17.9 Å². The minimum atomic E-state index is -3.98. The van der Waals surface area contributed by atoms with Crippen molar-refractivity contribution in [3.63, 3.8) is 0 Å². The molecule has 0 saturated heterocycles. The topological polar surface area (TPSA) is 75.3 Å². The summed E-state index contributed by atoms with van der Waals surface area (Å²) in [4.78, 5) is 11.2. The molecule has 0 aliphatic rings. The number of halogens is 2. The Kier molecular flexibility index (Phi) is 4.84. The summed E-state index contributed by atoms with van der Waals surface area (Å²) < 4.78 is 25.5. The molecule has 2 N–H and O–H groups in total. The van der Waals surface area contributed by atoms with Gasteiger partial charge >= 0.3 is 6.03 Å². The van der Waals surface area contributed by atoms with Gasteiger partial charge in [0.25, 0.3) is 10.0 Å². The normalized spacial score (nSPS) is 11.4. The Hall–Kier alpha value is -0.980. The summed E-state index contributed by atoms with van der Waals surface area (Å²) in [5.74, 6) is 0. The van der Waals surface area contributed by atoms with E-state index >= 15 is 0 Å². The number of carbonyl (C=O) groups excluding carboxylic acids is 1. The van der Waals surface area contributed by atoms with Gasteiger partial charge in [-0.2, -0.15) is 0 Å². The summed E-state index contributed by atoms with van der Waals surface area (Å²) in [7, 11) is -3.98. The molecule has 8 heteroatoms. The van der Waals surface area contributed by atoms with Crippen LogP contribution in [0.3, 0.4) is 0 Å². The fraction of sp³-hybridized carbons (Fsp3) is 0.300. The van der Waals surface area contributed by atoms with Crippen molar-refractivity contribution in [2.45, 2.75) is 24.8 Å². The SMILES string of the molecule is CC(C)NC(=O)NS(=O)(=O)c1cc(Cl)cc(Cl)c1. The number of urea groups is 1. The Morgan fingerprint density at radius 1 is 1.17 bits per heavy atom. The van der Waals surface area contributed by atoms with E-state index in [1.807, 2.05) is 4.72 Å². The molecule has 0 saturated carbocycles. The maximum atomic E-state index is 11.8. The van der Waals surface area contributed by atoms with Gasteiger partial charge in [0.15, 0.2) is 0 Å². The first-order valence-corrected chi connectivity index (χ1v) is 7.24. The van der Waals surface area contributed by atoms with Gasteiger partial charge in [0.1, 0.15) is 0 Å². The van der Waals surface area contributed by atoms with Crippen LogP contribution >= 0.6 is 23.2 Å². The lowest BCUT2D eigenvalue weighted by Gasteiger charge is -2.11. The van der Waals surface area contributed by atoms with E-state index in [0.717, 1.165) is 0 Å². The second-order valence-electron chi connectivity index (χ2n) is 3.84. The predicted molar refractivity (Wildman–Crippen MR) is 70.5 cm³/mol. The lowest BCUT2D eigenvalue weighted by Crippen LogP contribution is -2.42. The second-order valence-corrected chi connectivity index (χ2v) is 6.39. The van der Waals surface area contributed by atoms with E-state index in [1.165, 1.54) is 18.2 Å². The van der Waals surface area contributed by atoms with Crippen LogP contribution in [0.2, 0.25) is 10.0 Å². The molecule has 0 aromatic heterocycles. The van der Waals surface area contributed by atoms with E-state index < -0.39 is 16.1 Å². The van der Waals surface area contributed by atoms with E-state index in [4.69, 9.17) is 23.2 Å². The number of rotatable bonds is 3. The van der Waals surface area contributed by atoms with Gasteiger partial charge in [0, 0.05) is 16.1 Å². The summed E-state index contributed by atoms with van der Waals surface area (Å²) in [5, 5.41) is 2.75. The lowest BCUT2D eigenvalue weighted by atomic mass is 10.4. The fourth-order valence-electron chi connectivity index (χ4n) is 1.16. The first-order valence-electron chi connectivity index (χ1n) is 5.00. The standard InChI is InChI=1S/C10H12Cl2N2O3S/c1-6(2)13-10(15)14-18(16,17)9-4-7(11)3-8(12)5-9/h3-6H,1-2H3,(H2,13,14,15). The average molecular weight is 311 g/mol. The molecule has 18 heavy (non-hydrogen) atoms. The zero-order chi connectivity index (χ0) is 13.9. The van der Waals surface area contributed by atoms with Gasteiger partial charge in [-0.05, 0) is 32.0 Å². The number of hydrogen-bond donors (Lipinski definition) is 2. The maximum Gasteiger partial charge on any atom is 0.328 e. The lowest BCUT2D eigenvalue weighted by molar-refractivity contribution is 0.243. The highest BCUT2D eigenvalue weighted by Gasteiger charge is 2.19. The highest BCUT2D eigenvalue weighted by Crippen LogP contribution is 2.22. The molecule has 0 unspecified atom stereocenters. The zero-order valence-electron chi connectivity index (χ0n) is 9.70. The number of benzene rings is 1. The van der Waals surface area contributed by atoms with Gasteiger partial charge in [0.2, 0.25) is 0 Å². The van der Waals surface area contributed by atoms with Crippen LogP contribution in [0.1, 0.15) is 13.8 Å². The molecule has 1 aromatic carbocycles. The summed E-state index contributed by atoms with van der Waals surface area (Å²) in [6.45, 7) is 3.42. The highest BCUT2D eigenvalue weighted by atomic mass is 35.5. The molecule has 0 bridgehead atoms. The van der Waals surface area contributed by atoms with E-state index in [-0.39, 0.29) is 21.0 Å². The van der Waals surface area contributed by atoms with Gasteiger partial charge in [0.05, 0.1) is 4.90 Å². The monoisotopic (exact) mass is 310 g/mol. The van der Waals surface area contributed by atoms with Crippen LogP contribution in [0.4, 0.5) is 4.79 Å². The summed E-state index contributed by atoms with van der Waals surface area (Å²) in [6, 6.07) is 2.83. The Morgan fingerprint density at radius 2 is 1.67 bits per heavy atom. The van der Waals surface area contributed by atoms with Crippen molar-refractivity contribution in [3.8, 4) is 0 Å². The largest absolute Gasteiger partial charge is 0.335 e. The summed E-state index contributed by atoms with van der Waals surface area (Å²) in [6.07, 6.45) is 0. The van der Waals surface area contributed by atoms with Gasteiger partial charge in [-0.3, -0.25) is 0 Å². The number of sulfonamides is 1. The van der Waals surface area contributed by atoms with Gasteiger partial charge in [-0.1, -0.05) is 23.2 Å². The van der Waals surface area contributed by atoms with Crippen molar-refractivity contribution in [2.75, 3.05) is 0 Å². The molecule has 1 rings (SSSR count). The molecule has 1 aromatic rings. The maximum absolute atomic E-state index is 11.8. The molecule has 0 fully saturated rings. The highest BCUT2D eigenvalue weighted by molar-refractivity contribution is 7.90. The molecule has 0 radical (unpaired) electrons. The molecule has 100 valence electrons. The van der Waals surface area contributed by atoms with Crippen LogP contribution < -0.4 is 10.0 Å². The minimum Gasteiger partial charge on any atom is -0.335 e. The minimum absolute atomic E-state index is 0.168. The molecule has 0 aliphatic carbocycles. The average Bonchev–Trinajstić information content (AvgIpc) is 2.13. The van der Waals surface area contributed by atoms with E-state index in [1.54, 1.807) is 13.8 Å². The Balaban J connectivity index is 2.96. The molecule has 5 nitrogen and oxygen atoms in total. The van der Waals surface area contributed by atoms with Crippen LogP contribution in [0, 0.1) is 0 Å². The second kappa shape index (κ2) is 5.77. The first-order chi connectivity index (χ1) is 8.20. The number of hydrogen-bond acceptors (Lipinski definition) is 3. The van der Waals surface area contributed by atoms with Crippen LogP contribution in [0.25, 0.3) is 0 Å². The van der Waals surface area contributed by atoms with Gasteiger partial charge in [-0.15, -0.1) is 0 Å². The van der Waals surface area contributed by atoms with E-state index in [2.05, 4.69) is 5.32 Å². The molecule has 0 aliphatic heterocycles. The summed E-state index contributed by atoms with van der Waals surface area (Å²) >= 11 is 11.4. The van der Waals surface area contributed by atoms with Crippen molar-refractivity contribution in [1.29, 1.82) is 0 Å². The Bertz CT molecular complexity index is 538. The van der Waals surface area contributed by atoms with Crippen molar-refractivity contribution in [2.24, 2.45) is 0 Å². The smallest absolute Gasteiger partial charge is 0.328 e. The van der Waals surface area contributed by atoms with Crippen molar-refractivity contribution in [1.82, 2.24) is 10.0 Å². The Morgan fingerprint density at radius 3 is 2.11 bits per heavy atom. The van der Waals surface area contributed by atoms with E-state index in [9.17, 15) is 13.2 Å². The Labute approximate surface area is 116 Å². The first kappa shape index (κ1) is 15.1. The van der Waals surface area contributed by atoms with Crippen molar-refractivity contribution < 1.29 is 13.2 Å². The van der Waals surface area contributed by atoms with Crippen LogP contribution in [0.5, 0.6) is 0 Å². The number of nitrogens with one attached hydrogen (secondary N) is 2. The third-order valence-electron chi connectivity index (χ3n) is 1.79. The zero-order valence-corrected chi connectivity index (χ0v) is 12.0. The molecular weight excluding hydrogens is 299 g/mol. The van der Waals surface area contributed by atoms with E-state index in [0.29, 0.717) is 0 Å². The van der Waals surface area contributed by atoms with Crippen molar-refractivity contribution in [3.05, 3.63) is 28.2 Å². The predicted octanol–water partition coefficient (Wildman–Crippen LogP) is 2.39. The molecule has 2 amide bonds. The molecule has 0 atom stereocenters. The third kappa shape index (κ3) is 4.36. The number of carbonyl (C=O) groups is 1. The van der Waals surface area contributed by atoms with Crippen LogP contribution in [-0.2, 0) is 10.0 Å². The molecule has 0 spiro atoms. The summed E-state index contributed by atoms with van der Waals surface area (Å²) in [5.41, 5.74) is 0.